The SMILES string of the molecule is CCCO.O=[S-](=O)O.[Li+]. The van der Waals surface area contributed by atoms with Gasteiger partial charge in [-0.1, -0.05) is 6.92 Å². The zero-order valence-corrected chi connectivity index (χ0v) is 6.35. The van der Waals surface area contributed by atoms with Gasteiger partial charge >= 0.3 is 18.9 Å². The fraction of sp³-hybridized carbons (Fsp3) is 1.00. The Morgan fingerprint density at radius 3 is 1.56 bits per heavy atom. The molecule has 0 aliphatic carbocycles. The van der Waals surface area contributed by atoms with Crippen molar-refractivity contribution in [2.45, 2.75) is 13.3 Å². The fourth-order valence-corrected chi connectivity index (χ4v) is 0. The van der Waals surface area contributed by atoms with Gasteiger partial charge in [-0.05, 0) is 6.42 Å². The van der Waals surface area contributed by atoms with Crippen molar-refractivity contribution in [2.24, 2.45) is 0 Å². The van der Waals surface area contributed by atoms with Gasteiger partial charge in [0.25, 0.3) is 0 Å². The molecule has 52 valence electrons. The molecule has 0 amide bonds. The number of aliphatic hydroxyl groups is 1. The van der Waals surface area contributed by atoms with Gasteiger partial charge in [-0.2, -0.15) is 0 Å². The average Bonchev–Trinajstić information content (AvgIpc) is 1.65. The van der Waals surface area contributed by atoms with Crippen LogP contribution in [0, 0.1) is 0 Å². The summed E-state index contributed by atoms with van der Waals surface area (Å²) in [7, 11) is -2.86. The summed E-state index contributed by atoms with van der Waals surface area (Å²) in [6.07, 6.45) is 0.875. The maximum absolute atomic E-state index is 8.56. The van der Waals surface area contributed by atoms with Gasteiger partial charge < -0.3 is 18.1 Å². The van der Waals surface area contributed by atoms with Gasteiger partial charge in [0.1, 0.15) is 0 Å². The van der Waals surface area contributed by atoms with Crippen LogP contribution in [-0.2, 0) is 19.4 Å². The molecule has 0 unspecified atom stereocenters. The molecule has 0 spiro atoms. The van der Waals surface area contributed by atoms with E-state index in [0.717, 1.165) is 6.42 Å². The predicted octanol–water partition coefficient (Wildman–Crippen LogP) is -2.84. The molecule has 0 saturated carbocycles. The van der Waals surface area contributed by atoms with Crippen LogP contribution in [0.5, 0.6) is 0 Å². The van der Waals surface area contributed by atoms with Crippen molar-refractivity contribution >= 4 is 11.0 Å². The summed E-state index contributed by atoms with van der Waals surface area (Å²) in [5.41, 5.74) is 0. The van der Waals surface area contributed by atoms with E-state index in [1.54, 1.807) is 0 Å². The number of aliphatic hydroxyl groups excluding tert-OH is 1. The molecule has 4 nitrogen and oxygen atoms in total. The van der Waals surface area contributed by atoms with Gasteiger partial charge in [-0.25, -0.2) is 0 Å². The first-order chi connectivity index (χ1) is 3.65. The third-order valence-electron chi connectivity index (χ3n) is 0.224. The molecule has 9 heavy (non-hydrogen) atoms. The second kappa shape index (κ2) is 15.8. The van der Waals surface area contributed by atoms with Crippen LogP contribution in [0.25, 0.3) is 0 Å². The number of hydrogen-bond acceptors (Lipinski definition) is 4. The molecule has 0 bridgehead atoms. The molecule has 0 radical (unpaired) electrons. The molecule has 0 atom stereocenters. The van der Waals surface area contributed by atoms with Gasteiger partial charge in [0.15, 0.2) is 0 Å². The smallest absolute Gasteiger partial charge is 0.439 e. The molecule has 0 aliphatic heterocycles. The first-order valence-electron chi connectivity index (χ1n) is 2.04. The number of rotatable bonds is 1. The van der Waals surface area contributed by atoms with E-state index in [0.29, 0.717) is 6.61 Å². The van der Waals surface area contributed by atoms with E-state index in [1.807, 2.05) is 6.92 Å². The Morgan fingerprint density at radius 2 is 1.56 bits per heavy atom. The van der Waals surface area contributed by atoms with E-state index >= 15 is 0 Å². The van der Waals surface area contributed by atoms with Gasteiger partial charge in [-0.15, -0.1) is 0 Å². The zero-order valence-electron chi connectivity index (χ0n) is 5.53. The summed E-state index contributed by atoms with van der Waals surface area (Å²) in [6, 6.07) is 0. The molecule has 0 aromatic rings. The third-order valence-corrected chi connectivity index (χ3v) is 0.224. The van der Waals surface area contributed by atoms with Gasteiger partial charge in [0.2, 0.25) is 0 Å². The largest absolute Gasteiger partial charge is 1.00 e. The molecule has 0 fully saturated rings. The van der Waals surface area contributed by atoms with Crippen LogP contribution >= 0.6 is 0 Å². The van der Waals surface area contributed by atoms with Crippen LogP contribution in [0.3, 0.4) is 0 Å². The summed E-state index contributed by atoms with van der Waals surface area (Å²) >= 11 is 0. The van der Waals surface area contributed by atoms with Crippen LogP contribution in [-0.4, -0.2) is 16.3 Å². The molecule has 6 heteroatoms. The van der Waals surface area contributed by atoms with Crippen molar-refractivity contribution in [3.63, 3.8) is 0 Å². The minimum atomic E-state index is -2.86. The maximum Gasteiger partial charge on any atom is 1.00 e. The second-order valence-corrected chi connectivity index (χ2v) is 1.37. The van der Waals surface area contributed by atoms with Gasteiger partial charge in [0, 0.05) is 17.6 Å². The molecule has 0 aromatic carbocycles. The van der Waals surface area contributed by atoms with Crippen LogP contribution in [0.2, 0.25) is 0 Å². The number of hydrogen-bond donors (Lipinski definition) is 2. The van der Waals surface area contributed by atoms with Gasteiger partial charge in [0.05, 0.1) is 0 Å². The maximum atomic E-state index is 8.56. The summed E-state index contributed by atoms with van der Waals surface area (Å²) in [4.78, 5) is 0. The second-order valence-electron chi connectivity index (χ2n) is 0.941. The molecular weight excluding hydrogens is 139 g/mol. The summed E-state index contributed by atoms with van der Waals surface area (Å²) in [5.74, 6) is 0. The Labute approximate surface area is 68.2 Å². The topological polar surface area (TPSA) is 74.6 Å². The first-order valence-corrected chi connectivity index (χ1v) is 3.07. The van der Waals surface area contributed by atoms with E-state index in [-0.39, 0.29) is 18.9 Å². The van der Waals surface area contributed by atoms with Crippen LogP contribution in [0.1, 0.15) is 13.3 Å². The molecule has 0 aliphatic rings. The normalized spacial score (nSPS) is 7.11. The summed E-state index contributed by atoms with van der Waals surface area (Å²) in [5, 5.41) is 7.88. The van der Waals surface area contributed by atoms with E-state index in [9.17, 15) is 0 Å². The van der Waals surface area contributed by atoms with Crippen molar-refractivity contribution < 1.29 is 36.9 Å². The van der Waals surface area contributed by atoms with E-state index in [1.165, 1.54) is 0 Å². The Balaban J connectivity index is -0.0000000720. The Bertz CT molecular complexity index is 81.8. The van der Waals surface area contributed by atoms with Crippen LogP contribution in [0.15, 0.2) is 0 Å². The summed E-state index contributed by atoms with van der Waals surface area (Å²) < 4.78 is 24.1. The first kappa shape index (κ1) is 16.2. The summed E-state index contributed by atoms with van der Waals surface area (Å²) in [6.45, 7) is 2.25. The fourth-order valence-electron chi connectivity index (χ4n) is 0. The molecule has 0 saturated heterocycles. The van der Waals surface area contributed by atoms with Crippen LogP contribution < -0.4 is 18.9 Å². The standard InChI is InChI=1S/C3H8O.Li.HO3S/c1-2-3-4;;1-4(2)3/h4H,2-3H2,1H3;;(H,1,2,3)/q;+1;-1. The molecule has 0 aromatic heterocycles. The molecule has 2 N–H and O–H groups in total. The van der Waals surface area contributed by atoms with Crippen LogP contribution in [0.4, 0.5) is 0 Å². The van der Waals surface area contributed by atoms with E-state index in [4.69, 9.17) is 18.1 Å². The minimum Gasteiger partial charge on any atom is -0.439 e. The Kier molecular flexibility index (Phi) is 28.5. The zero-order chi connectivity index (χ0) is 6.99. The minimum absolute atomic E-state index is 0. The Hall–Kier alpha value is 0.467. The van der Waals surface area contributed by atoms with Crippen molar-refractivity contribution in [1.29, 1.82) is 0 Å². The molecular formula is C3H9LiO4S. The van der Waals surface area contributed by atoms with Crippen molar-refractivity contribution in [2.75, 3.05) is 6.61 Å². The average molecular weight is 148 g/mol. The van der Waals surface area contributed by atoms with Crippen molar-refractivity contribution in [3.05, 3.63) is 0 Å². The van der Waals surface area contributed by atoms with E-state index < -0.39 is 11.0 Å². The van der Waals surface area contributed by atoms with Crippen molar-refractivity contribution in [1.82, 2.24) is 0 Å². The molecule has 0 rings (SSSR count). The Morgan fingerprint density at radius 1 is 1.44 bits per heavy atom. The third kappa shape index (κ3) is 164. The monoisotopic (exact) mass is 148 g/mol. The van der Waals surface area contributed by atoms with Gasteiger partial charge in [-0.3, -0.25) is 0 Å². The van der Waals surface area contributed by atoms with Crippen molar-refractivity contribution in [3.8, 4) is 0 Å². The molecule has 0 heterocycles. The quantitative estimate of drug-likeness (QED) is 0.182. The van der Waals surface area contributed by atoms with E-state index in [2.05, 4.69) is 0 Å². The predicted molar refractivity (Wildman–Crippen MR) is 28.7 cm³/mol.